The maximum absolute atomic E-state index is 6.10. The topological polar surface area (TPSA) is 21.3 Å². The van der Waals surface area contributed by atoms with Gasteiger partial charge in [0.05, 0.1) is 11.0 Å². The second-order valence-corrected chi connectivity index (χ2v) is 14.4. The van der Waals surface area contributed by atoms with Crippen molar-refractivity contribution in [3.05, 3.63) is 182 Å². The molecule has 0 spiro atoms. The zero-order valence-corrected chi connectivity index (χ0v) is 28.8. The number of para-hydroxylation sites is 3. The van der Waals surface area contributed by atoms with E-state index in [2.05, 4.69) is 179 Å². The summed E-state index contributed by atoms with van der Waals surface area (Å²) in [6.45, 7) is 0. The second-order valence-electron chi connectivity index (χ2n) is 13.4. The molecule has 52 heavy (non-hydrogen) atoms. The van der Waals surface area contributed by atoms with Crippen LogP contribution in [0, 0.1) is 0 Å². The molecule has 8 aromatic carbocycles. The first-order valence-corrected chi connectivity index (χ1v) is 18.4. The van der Waals surface area contributed by atoms with Crippen LogP contribution in [0.2, 0.25) is 0 Å². The molecule has 0 aliphatic carbocycles. The summed E-state index contributed by atoms with van der Waals surface area (Å²) in [7, 11) is 0. The van der Waals surface area contributed by atoms with Crippen molar-refractivity contribution >= 4 is 92.3 Å². The van der Waals surface area contributed by atoms with E-state index in [1.165, 1.54) is 42.0 Å². The van der Waals surface area contributed by atoms with Crippen LogP contribution in [0.4, 0.5) is 17.1 Å². The molecule has 0 radical (unpaired) electrons. The molecule has 4 heteroatoms. The Kier molecular flexibility index (Phi) is 6.42. The minimum atomic E-state index is 0.910. The third kappa shape index (κ3) is 4.51. The Labute approximate surface area is 303 Å². The van der Waals surface area contributed by atoms with E-state index in [4.69, 9.17) is 4.42 Å². The fraction of sp³-hybridized carbons (Fsp3) is 0. The van der Waals surface area contributed by atoms with E-state index in [-0.39, 0.29) is 0 Å². The summed E-state index contributed by atoms with van der Waals surface area (Å²) in [4.78, 5) is 2.35. The molecule has 0 aliphatic heterocycles. The Morgan fingerprint density at radius 1 is 0.385 bits per heavy atom. The van der Waals surface area contributed by atoms with Gasteiger partial charge in [0.1, 0.15) is 11.2 Å². The molecule has 11 aromatic rings. The van der Waals surface area contributed by atoms with Crippen LogP contribution in [0.15, 0.2) is 186 Å². The average Bonchev–Trinajstić information content (AvgIpc) is 3.87. The highest BCUT2D eigenvalue weighted by atomic mass is 32.1. The van der Waals surface area contributed by atoms with Gasteiger partial charge in [-0.25, -0.2) is 0 Å². The minimum absolute atomic E-state index is 0.910. The highest BCUT2D eigenvalue weighted by Gasteiger charge is 2.18. The molecular weight excluding hydrogens is 653 g/mol. The van der Waals surface area contributed by atoms with Gasteiger partial charge < -0.3 is 13.9 Å². The van der Waals surface area contributed by atoms with E-state index in [0.29, 0.717) is 0 Å². The summed E-state index contributed by atoms with van der Waals surface area (Å²) in [5, 5.41) is 7.37. The van der Waals surface area contributed by atoms with E-state index in [1.807, 2.05) is 23.5 Å². The molecule has 3 heterocycles. The molecule has 244 valence electrons. The Morgan fingerprint density at radius 3 is 1.92 bits per heavy atom. The zero-order valence-electron chi connectivity index (χ0n) is 28.0. The van der Waals surface area contributed by atoms with Crippen LogP contribution in [0.25, 0.3) is 80.7 Å². The normalized spacial score (nSPS) is 11.8. The number of nitrogens with zero attached hydrogens (tertiary/aromatic N) is 2. The Balaban J connectivity index is 1.06. The number of hydrogen-bond donors (Lipinski definition) is 0. The molecule has 3 nitrogen and oxygen atoms in total. The van der Waals surface area contributed by atoms with Crippen molar-refractivity contribution in [2.45, 2.75) is 0 Å². The molecule has 3 aromatic heterocycles. The van der Waals surface area contributed by atoms with Crippen LogP contribution in [-0.2, 0) is 0 Å². The van der Waals surface area contributed by atoms with E-state index in [9.17, 15) is 0 Å². The number of rotatable bonds is 5. The molecule has 0 saturated carbocycles. The fourth-order valence-corrected chi connectivity index (χ4v) is 9.05. The molecule has 0 fully saturated rings. The van der Waals surface area contributed by atoms with Gasteiger partial charge in [0.25, 0.3) is 0 Å². The van der Waals surface area contributed by atoms with Crippen molar-refractivity contribution in [2.75, 3.05) is 4.90 Å². The summed E-state index contributed by atoms with van der Waals surface area (Å²) in [5.41, 5.74) is 11.0. The van der Waals surface area contributed by atoms with Crippen LogP contribution in [0.1, 0.15) is 0 Å². The maximum atomic E-state index is 6.10. The first-order chi connectivity index (χ1) is 25.8. The highest BCUT2D eigenvalue weighted by Crippen LogP contribution is 2.42. The number of furan rings is 1. The summed E-state index contributed by atoms with van der Waals surface area (Å²) in [6.07, 6.45) is 0. The molecule has 0 aliphatic rings. The largest absolute Gasteiger partial charge is 0.456 e. The van der Waals surface area contributed by atoms with Crippen molar-refractivity contribution < 1.29 is 4.42 Å². The third-order valence-corrected chi connectivity index (χ3v) is 11.5. The maximum Gasteiger partial charge on any atom is 0.135 e. The standard InChI is InChI=1S/C48H30N2OS/c1-2-10-33(11-3-1)49(34-21-18-31(19-22-34)32-20-26-46-41(28-32)39-13-5-8-16-45(39)51-46)36-23-25-38-37-12-4-7-15-43(37)50(44(38)30-36)35-24-27-48-42(29-35)40-14-6-9-17-47(40)52-48/h1-30H. The first kappa shape index (κ1) is 29.1. The number of hydrogen-bond acceptors (Lipinski definition) is 3. The van der Waals surface area contributed by atoms with Crippen LogP contribution in [0.3, 0.4) is 0 Å². The number of anilines is 3. The van der Waals surface area contributed by atoms with E-state index in [0.717, 1.165) is 55.8 Å². The lowest BCUT2D eigenvalue weighted by Gasteiger charge is -2.26. The fourth-order valence-electron chi connectivity index (χ4n) is 7.96. The van der Waals surface area contributed by atoms with Crippen molar-refractivity contribution in [3.8, 4) is 16.8 Å². The lowest BCUT2D eigenvalue weighted by atomic mass is 10.0. The molecule has 0 saturated heterocycles. The van der Waals surface area contributed by atoms with Crippen molar-refractivity contribution in [3.63, 3.8) is 0 Å². The third-order valence-electron chi connectivity index (χ3n) is 10.4. The molecule has 0 bridgehead atoms. The summed E-state index contributed by atoms with van der Waals surface area (Å²) in [6, 6.07) is 65.6. The van der Waals surface area contributed by atoms with E-state index in [1.54, 1.807) is 0 Å². The van der Waals surface area contributed by atoms with Crippen LogP contribution in [0.5, 0.6) is 0 Å². The minimum Gasteiger partial charge on any atom is -0.456 e. The van der Waals surface area contributed by atoms with Crippen molar-refractivity contribution in [1.82, 2.24) is 4.57 Å². The Bertz CT molecular complexity index is 3130. The second kappa shape index (κ2) is 11.5. The molecule has 0 atom stereocenters. The van der Waals surface area contributed by atoms with Gasteiger partial charge in [0.15, 0.2) is 0 Å². The quantitative estimate of drug-likeness (QED) is 0.180. The molecule has 0 amide bonds. The van der Waals surface area contributed by atoms with E-state index < -0.39 is 0 Å². The van der Waals surface area contributed by atoms with Gasteiger partial charge >= 0.3 is 0 Å². The van der Waals surface area contributed by atoms with Crippen LogP contribution in [-0.4, -0.2) is 4.57 Å². The molecule has 0 N–H and O–H groups in total. The van der Waals surface area contributed by atoms with Crippen molar-refractivity contribution in [2.24, 2.45) is 0 Å². The van der Waals surface area contributed by atoms with Gasteiger partial charge in [0, 0.05) is 64.5 Å². The number of thiophene rings is 1. The van der Waals surface area contributed by atoms with Gasteiger partial charge in [-0.15, -0.1) is 11.3 Å². The Hall–Kier alpha value is -6.62. The zero-order chi connectivity index (χ0) is 34.2. The summed E-state index contributed by atoms with van der Waals surface area (Å²) >= 11 is 1.86. The monoisotopic (exact) mass is 682 g/mol. The summed E-state index contributed by atoms with van der Waals surface area (Å²) < 4.78 is 11.2. The van der Waals surface area contributed by atoms with Gasteiger partial charge in [-0.05, 0) is 96.1 Å². The van der Waals surface area contributed by atoms with Crippen LogP contribution < -0.4 is 4.90 Å². The smallest absolute Gasteiger partial charge is 0.135 e. The van der Waals surface area contributed by atoms with E-state index >= 15 is 0 Å². The van der Waals surface area contributed by atoms with Gasteiger partial charge in [-0.2, -0.15) is 0 Å². The highest BCUT2D eigenvalue weighted by molar-refractivity contribution is 7.25. The SMILES string of the molecule is c1ccc(N(c2ccc(-c3ccc4oc5ccccc5c4c3)cc2)c2ccc3c4ccccc4n(-c4ccc5sc6ccccc6c5c4)c3c2)cc1. The lowest BCUT2D eigenvalue weighted by Crippen LogP contribution is -2.10. The van der Waals surface area contributed by atoms with Crippen LogP contribution >= 0.6 is 11.3 Å². The predicted octanol–water partition coefficient (Wildman–Crippen LogP) is 14.2. The number of fused-ring (bicyclic) bond motifs is 9. The average molecular weight is 683 g/mol. The molecular formula is C48H30N2OS. The van der Waals surface area contributed by atoms with Gasteiger partial charge in [-0.1, -0.05) is 97.1 Å². The number of benzene rings is 8. The first-order valence-electron chi connectivity index (χ1n) is 17.6. The number of aromatic nitrogens is 1. The van der Waals surface area contributed by atoms with Crippen molar-refractivity contribution in [1.29, 1.82) is 0 Å². The predicted molar refractivity (Wildman–Crippen MR) is 221 cm³/mol. The Morgan fingerprint density at radius 2 is 1.04 bits per heavy atom. The van der Waals surface area contributed by atoms with Gasteiger partial charge in [-0.3, -0.25) is 0 Å². The molecule has 11 rings (SSSR count). The summed E-state index contributed by atoms with van der Waals surface area (Å²) in [5.74, 6) is 0. The molecule has 0 unspecified atom stereocenters. The lowest BCUT2D eigenvalue weighted by molar-refractivity contribution is 0.669. The van der Waals surface area contributed by atoms with Gasteiger partial charge in [0.2, 0.25) is 0 Å².